The summed E-state index contributed by atoms with van der Waals surface area (Å²) in [6.07, 6.45) is 4.09. The van der Waals surface area contributed by atoms with Crippen LogP contribution in [0.5, 0.6) is 0 Å². The van der Waals surface area contributed by atoms with Crippen LogP contribution in [-0.2, 0) is 6.42 Å². The zero-order chi connectivity index (χ0) is 15.8. The lowest BCUT2D eigenvalue weighted by molar-refractivity contribution is 0.0953. The van der Waals surface area contributed by atoms with Gasteiger partial charge in [-0.1, -0.05) is 29.8 Å². The van der Waals surface area contributed by atoms with E-state index in [0.29, 0.717) is 12.2 Å². The Morgan fingerprint density at radius 1 is 1.32 bits per heavy atom. The standard InChI is InChI=1S/C17H18ClN3O/c1-2-8-21-17(22)16-12-15(7-10-20-16)19-9-6-13-4-3-5-14(18)11-13/h2-5,7,10-12H,1,6,8-9H2,(H,19,20)(H,21,22). The van der Waals surface area contributed by atoms with E-state index in [4.69, 9.17) is 11.6 Å². The summed E-state index contributed by atoms with van der Waals surface area (Å²) in [4.78, 5) is 15.9. The van der Waals surface area contributed by atoms with Crippen LogP contribution in [0.2, 0.25) is 5.02 Å². The molecule has 0 spiro atoms. The van der Waals surface area contributed by atoms with E-state index in [9.17, 15) is 4.79 Å². The van der Waals surface area contributed by atoms with E-state index in [0.717, 1.165) is 29.2 Å². The number of aromatic nitrogens is 1. The molecule has 22 heavy (non-hydrogen) atoms. The second-order valence-electron chi connectivity index (χ2n) is 4.74. The van der Waals surface area contributed by atoms with Crippen LogP contribution in [-0.4, -0.2) is 24.0 Å². The predicted octanol–water partition coefficient (Wildman–Crippen LogP) is 3.31. The molecule has 1 aromatic heterocycles. The molecule has 2 rings (SSSR count). The summed E-state index contributed by atoms with van der Waals surface area (Å²) >= 11 is 5.96. The minimum absolute atomic E-state index is 0.210. The first-order chi connectivity index (χ1) is 10.7. The molecule has 0 aliphatic heterocycles. The molecule has 0 saturated carbocycles. The van der Waals surface area contributed by atoms with E-state index >= 15 is 0 Å². The van der Waals surface area contributed by atoms with Gasteiger partial charge in [0.15, 0.2) is 0 Å². The van der Waals surface area contributed by atoms with Crippen molar-refractivity contribution < 1.29 is 4.79 Å². The number of pyridine rings is 1. The van der Waals surface area contributed by atoms with E-state index in [-0.39, 0.29) is 5.91 Å². The molecule has 0 saturated heterocycles. The number of rotatable bonds is 7. The first-order valence-corrected chi connectivity index (χ1v) is 7.40. The lowest BCUT2D eigenvalue weighted by Gasteiger charge is -2.08. The zero-order valence-electron chi connectivity index (χ0n) is 12.2. The molecule has 0 fully saturated rings. The molecule has 2 N–H and O–H groups in total. The van der Waals surface area contributed by atoms with Crippen molar-refractivity contribution in [2.45, 2.75) is 6.42 Å². The highest BCUT2D eigenvalue weighted by atomic mass is 35.5. The monoisotopic (exact) mass is 315 g/mol. The van der Waals surface area contributed by atoms with Gasteiger partial charge in [0.05, 0.1) is 0 Å². The second-order valence-corrected chi connectivity index (χ2v) is 5.17. The molecule has 114 valence electrons. The maximum absolute atomic E-state index is 11.8. The van der Waals surface area contributed by atoms with Gasteiger partial charge in [-0.05, 0) is 36.2 Å². The average molecular weight is 316 g/mol. The van der Waals surface area contributed by atoms with Gasteiger partial charge in [-0.25, -0.2) is 0 Å². The number of carbonyl (C=O) groups excluding carboxylic acids is 1. The average Bonchev–Trinajstić information content (AvgIpc) is 2.53. The molecule has 0 bridgehead atoms. The van der Waals surface area contributed by atoms with Crippen LogP contribution < -0.4 is 10.6 Å². The normalized spacial score (nSPS) is 10.0. The number of nitrogens with zero attached hydrogens (tertiary/aromatic N) is 1. The van der Waals surface area contributed by atoms with Crippen molar-refractivity contribution in [1.82, 2.24) is 10.3 Å². The number of anilines is 1. The summed E-state index contributed by atoms with van der Waals surface area (Å²) in [5, 5.41) is 6.72. The maximum atomic E-state index is 11.8. The van der Waals surface area contributed by atoms with Crippen molar-refractivity contribution in [3.05, 3.63) is 71.5 Å². The van der Waals surface area contributed by atoms with Gasteiger partial charge in [0.25, 0.3) is 5.91 Å². The van der Waals surface area contributed by atoms with E-state index in [2.05, 4.69) is 22.2 Å². The quantitative estimate of drug-likeness (QED) is 0.771. The molecule has 5 heteroatoms. The van der Waals surface area contributed by atoms with Crippen molar-refractivity contribution in [3.63, 3.8) is 0 Å². The van der Waals surface area contributed by atoms with Crippen LogP contribution in [0.4, 0.5) is 5.69 Å². The topological polar surface area (TPSA) is 54.0 Å². The molecule has 1 heterocycles. The van der Waals surface area contributed by atoms with Crippen LogP contribution in [0.1, 0.15) is 16.1 Å². The summed E-state index contributed by atoms with van der Waals surface area (Å²) in [6, 6.07) is 11.3. The Morgan fingerprint density at radius 3 is 2.95 bits per heavy atom. The minimum atomic E-state index is -0.210. The van der Waals surface area contributed by atoms with Crippen molar-refractivity contribution in [2.75, 3.05) is 18.4 Å². The highest BCUT2D eigenvalue weighted by Gasteiger charge is 2.06. The molecular weight excluding hydrogens is 298 g/mol. The van der Waals surface area contributed by atoms with E-state index in [1.54, 1.807) is 18.3 Å². The van der Waals surface area contributed by atoms with Crippen LogP contribution in [0.3, 0.4) is 0 Å². The van der Waals surface area contributed by atoms with Gasteiger partial charge in [0.2, 0.25) is 0 Å². The van der Waals surface area contributed by atoms with Crippen LogP contribution >= 0.6 is 11.6 Å². The predicted molar refractivity (Wildman–Crippen MR) is 90.4 cm³/mol. The molecule has 0 unspecified atom stereocenters. The molecular formula is C17H18ClN3O. The van der Waals surface area contributed by atoms with Crippen molar-refractivity contribution >= 4 is 23.2 Å². The summed E-state index contributed by atoms with van der Waals surface area (Å²) in [5.41, 5.74) is 2.41. The lowest BCUT2D eigenvalue weighted by Crippen LogP contribution is -2.24. The van der Waals surface area contributed by atoms with Gasteiger partial charge in [-0.3, -0.25) is 9.78 Å². The van der Waals surface area contributed by atoms with Crippen molar-refractivity contribution in [2.24, 2.45) is 0 Å². The first-order valence-electron chi connectivity index (χ1n) is 7.02. The summed E-state index contributed by atoms with van der Waals surface area (Å²) < 4.78 is 0. The summed E-state index contributed by atoms with van der Waals surface area (Å²) in [5.74, 6) is -0.210. The molecule has 0 radical (unpaired) electrons. The second kappa shape index (κ2) is 8.20. The highest BCUT2D eigenvalue weighted by molar-refractivity contribution is 6.30. The highest BCUT2D eigenvalue weighted by Crippen LogP contribution is 2.12. The fraction of sp³-hybridized carbons (Fsp3) is 0.176. The van der Waals surface area contributed by atoms with Crippen LogP contribution in [0.25, 0.3) is 0 Å². The third kappa shape index (κ3) is 4.90. The van der Waals surface area contributed by atoms with Gasteiger partial charge >= 0.3 is 0 Å². The van der Waals surface area contributed by atoms with E-state index in [1.165, 1.54) is 0 Å². The van der Waals surface area contributed by atoms with Crippen molar-refractivity contribution in [1.29, 1.82) is 0 Å². The van der Waals surface area contributed by atoms with Gasteiger partial charge in [-0.15, -0.1) is 6.58 Å². The first kappa shape index (κ1) is 16.0. The number of hydrogen-bond acceptors (Lipinski definition) is 3. The number of halogens is 1. The number of amides is 1. The molecule has 0 atom stereocenters. The summed E-state index contributed by atoms with van der Waals surface area (Å²) in [7, 11) is 0. The third-order valence-electron chi connectivity index (χ3n) is 3.03. The molecule has 0 aliphatic rings. The third-order valence-corrected chi connectivity index (χ3v) is 3.27. The number of carbonyl (C=O) groups is 1. The van der Waals surface area contributed by atoms with E-state index < -0.39 is 0 Å². The molecule has 1 amide bonds. The summed E-state index contributed by atoms with van der Waals surface area (Å²) in [6.45, 7) is 4.73. The molecule has 1 aromatic carbocycles. The maximum Gasteiger partial charge on any atom is 0.270 e. The van der Waals surface area contributed by atoms with E-state index in [1.807, 2.05) is 30.3 Å². The van der Waals surface area contributed by atoms with Gasteiger partial charge in [-0.2, -0.15) is 0 Å². The molecule has 0 aliphatic carbocycles. The number of nitrogens with one attached hydrogen (secondary N) is 2. The SMILES string of the molecule is C=CCNC(=O)c1cc(NCCc2cccc(Cl)c2)ccn1. The largest absolute Gasteiger partial charge is 0.385 e. The number of hydrogen-bond donors (Lipinski definition) is 2. The Hall–Kier alpha value is -2.33. The van der Waals surface area contributed by atoms with Gasteiger partial charge in [0.1, 0.15) is 5.69 Å². The fourth-order valence-corrected chi connectivity index (χ4v) is 2.18. The Morgan fingerprint density at radius 2 is 2.18 bits per heavy atom. The van der Waals surface area contributed by atoms with Gasteiger partial charge < -0.3 is 10.6 Å². The lowest BCUT2D eigenvalue weighted by atomic mass is 10.1. The Bertz CT molecular complexity index is 658. The van der Waals surface area contributed by atoms with Crippen molar-refractivity contribution in [3.8, 4) is 0 Å². The molecule has 2 aromatic rings. The Labute approximate surface area is 135 Å². The Balaban J connectivity index is 1.90. The van der Waals surface area contributed by atoms with Crippen LogP contribution in [0.15, 0.2) is 55.3 Å². The minimum Gasteiger partial charge on any atom is -0.385 e. The van der Waals surface area contributed by atoms with Gasteiger partial charge in [0, 0.05) is 30.0 Å². The Kier molecular flexibility index (Phi) is 5.98. The smallest absolute Gasteiger partial charge is 0.270 e. The fourth-order valence-electron chi connectivity index (χ4n) is 1.96. The van der Waals surface area contributed by atoms with Crippen LogP contribution in [0, 0.1) is 0 Å². The molecule has 4 nitrogen and oxygen atoms in total. The number of benzene rings is 1. The zero-order valence-corrected chi connectivity index (χ0v) is 12.9.